The normalized spacial score (nSPS) is 17.4. The van der Waals surface area contributed by atoms with Crippen molar-refractivity contribution in [2.45, 2.75) is 42.9 Å². The third kappa shape index (κ3) is 3.53. The van der Waals surface area contributed by atoms with Crippen LogP contribution in [-0.4, -0.2) is 20.9 Å². The highest BCUT2D eigenvalue weighted by Crippen LogP contribution is 2.35. The molecule has 1 aromatic heterocycles. The molecule has 1 aromatic rings. The zero-order chi connectivity index (χ0) is 12.3. The smallest absolute Gasteiger partial charge is 0.259 e. The second kappa shape index (κ2) is 5.98. The number of amides is 1. The molecule has 1 amide bonds. The molecule has 1 N–H and O–H groups in total. The number of nitrogens with zero attached hydrogens (tertiary/aromatic N) is 2. The maximum atomic E-state index is 11.3. The number of hydrogen-bond acceptors (Lipinski definition) is 4. The monoisotopic (exact) mass is 293 g/mol. The second-order valence-electron chi connectivity index (χ2n) is 4.07. The average Bonchev–Trinajstić information content (AvgIpc) is 2.78. The first-order valence-corrected chi connectivity index (χ1v) is 7.28. The minimum atomic E-state index is -1.07. The van der Waals surface area contributed by atoms with E-state index in [-0.39, 0.29) is 0 Å². The lowest BCUT2D eigenvalue weighted by Gasteiger charge is -2.18. The van der Waals surface area contributed by atoms with Crippen molar-refractivity contribution in [3.63, 3.8) is 0 Å². The summed E-state index contributed by atoms with van der Waals surface area (Å²) in [6, 6.07) is 0. The lowest BCUT2D eigenvalue weighted by atomic mass is 9.90. The standard InChI is InChI=1S/C10H13Cl2N3OS/c11-7(12)8(16)13-10-15-14-9(17-10)6-4-2-1-3-5-6/h6-7H,1-5H2,(H,13,15,16). The highest BCUT2D eigenvalue weighted by molar-refractivity contribution is 7.15. The number of hydrogen-bond donors (Lipinski definition) is 1. The van der Waals surface area contributed by atoms with Gasteiger partial charge in [0.1, 0.15) is 5.01 Å². The van der Waals surface area contributed by atoms with Crippen LogP contribution in [0.4, 0.5) is 5.13 Å². The molecule has 1 fully saturated rings. The van der Waals surface area contributed by atoms with Crippen LogP contribution in [0.3, 0.4) is 0 Å². The van der Waals surface area contributed by atoms with Crippen molar-refractivity contribution in [1.29, 1.82) is 0 Å². The Kier molecular flexibility index (Phi) is 4.59. The Morgan fingerprint density at radius 2 is 2.00 bits per heavy atom. The van der Waals surface area contributed by atoms with Crippen LogP contribution in [0, 0.1) is 0 Å². The first kappa shape index (κ1) is 13.1. The summed E-state index contributed by atoms with van der Waals surface area (Å²) < 4.78 is 0. The number of nitrogens with one attached hydrogen (secondary N) is 1. The molecule has 0 saturated heterocycles. The Labute approximate surface area is 114 Å². The van der Waals surface area contributed by atoms with Crippen molar-refractivity contribution in [3.8, 4) is 0 Å². The molecule has 0 radical (unpaired) electrons. The van der Waals surface area contributed by atoms with Gasteiger partial charge in [0.25, 0.3) is 5.91 Å². The van der Waals surface area contributed by atoms with Gasteiger partial charge >= 0.3 is 0 Å². The number of anilines is 1. The molecule has 0 spiro atoms. The lowest BCUT2D eigenvalue weighted by Crippen LogP contribution is -2.18. The zero-order valence-electron chi connectivity index (χ0n) is 9.16. The minimum absolute atomic E-state index is 0.459. The number of alkyl halides is 2. The van der Waals surface area contributed by atoms with Crippen LogP contribution in [0.15, 0.2) is 0 Å². The van der Waals surface area contributed by atoms with Crippen LogP contribution in [0.5, 0.6) is 0 Å². The Hall–Kier alpha value is -0.390. The van der Waals surface area contributed by atoms with Crippen LogP contribution < -0.4 is 5.32 Å². The molecule has 0 atom stereocenters. The molecule has 0 unspecified atom stereocenters. The Bertz CT molecular complexity index is 391. The van der Waals surface area contributed by atoms with Crippen molar-refractivity contribution >= 4 is 45.6 Å². The molecule has 2 rings (SSSR count). The largest absolute Gasteiger partial charge is 0.298 e. The predicted octanol–water partition coefficient (Wildman–Crippen LogP) is 3.33. The van der Waals surface area contributed by atoms with E-state index in [0.29, 0.717) is 11.0 Å². The maximum Gasteiger partial charge on any atom is 0.259 e. The van der Waals surface area contributed by atoms with E-state index in [1.165, 1.54) is 30.6 Å². The fraction of sp³-hybridized carbons (Fsp3) is 0.700. The van der Waals surface area contributed by atoms with E-state index in [1.807, 2.05) is 0 Å². The van der Waals surface area contributed by atoms with Crippen LogP contribution in [0.25, 0.3) is 0 Å². The quantitative estimate of drug-likeness (QED) is 0.870. The summed E-state index contributed by atoms with van der Waals surface area (Å²) in [6.45, 7) is 0. The summed E-state index contributed by atoms with van der Waals surface area (Å²) in [5.74, 6) is 0.0365. The SMILES string of the molecule is O=C(Nc1nnc(C2CCCCC2)s1)C(Cl)Cl. The molecule has 1 saturated carbocycles. The van der Waals surface area contributed by atoms with Gasteiger partial charge in [0.15, 0.2) is 4.84 Å². The molecule has 17 heavy (non-hydrogen) atoms. The Morgan fingerprint density at radius 1 is 1.29 bits per heavy atom. The van der Waals surface area contributed by atoms with Crippen molar-refractivity contribution in [2.24, 2.45) is 0 Å². The van der Waals surface area contributed by atoms with Crippen molar-refractivity contribution in [3.05, 3.63) is 5.01 Å². The van der Waals surface area contributed by atoms with Gasteiger partial charge in [-0.1, -0.05) is 53.8 Å². The summed E-state index contributed by atoms with van der Waals surface area (Å²) in [7, 11) is 0. The number of aromatic nitrogens is 2. The van der Waals surface area contributed by atoms with Gasteiger partial charge in [0.05, 0.1) is 0 Å². The lowest BCUT2D eigenvalue weighted by molar-refractivity contribution is -0.114. The molecule has 94 valence electrons. The summed E-state index contributed by atoms with van der Waals surface area (Å²) in [6.07, 6.45) is 6.13. The van der Waals surface area contributed by atoms with Gasteiger partial charge in [-0.15, -0.1) is 10.2 Å². The molecular formula is C10H13Cl2N3OS. The number of halogens is 2. The number of carbonyl (C=O) groups excluding carboxylic acids is 1. The van der Waals surface area contributed by atoms with Crippen LogP contribution in [0.2, 0.25) is 0 Å². The van der Waals surface area contributed by atoms with E-state index >= 15 is 0 Å². The molecule has 0 aromatic carbocycles. The predicted molar refractivity (Wildman–Crippen MR) is 69.9 cm³/mol. The molecule has 1 aliphatic rings. The van der Waals surface area contributed by atoms with Crippen molar-refractivity contribution < 1.29 is 4.79 Å². The van der Waals surface area contributed by atoms with E-state index < -0.39 is 10.7 Å². The van der Waals surface area contributed by atoms with Gasteiger partial charge in [-0.3, -0.25) is 10.1 Å². The van der Waals surface area contributed by atoms with Gasteiger partial charge in [-0.25, -0.2) is 0 Å². The molecule has 7 heteroatoms. The van der Waals surface area contributed by atoms with Crippen LogP contribution in [0.1, 0.15) is 43.0 Å². The molecule has 1 heterocycles. The minimum Gasteiger partial charge on any atom is -0.298 e. The van der Waals surface area contributed by atoms with E-state index in [9.17, 15) is 4.79 Å². The fourth-order valence-electron chi connectivity index (χ4n) is 1.96. The van der Waals surface area contributed by atoms with E-state index in [2.05, 4.69) is 15.5 Å². The third-order valence-electron chi connectivity index (χ3n) is 2.82. The number of carbonyl (C=O) groups is 1. The molecule has 4 nitrogen and oxygen atoms in total. The first-order chi connectivity index (χ1) is 8.16. The third-order valence-corrected chi connectivity index (χ3v) is 4.22. The van der Waals surface area contributed by atoms with Crippen molar-refractivity contribution in [2.75, 3.05) is 5.32 Å². The second-order valence-corrected chi connectivity index (χ2v) is 6.18. The highest BCUT2D eigenvalue weighted by Gasteiger charge is 2.21. The van der Waals surface area contributed by atoms with E-state index in [4.69, 9.17) is 23.2 Å². The summed E-state index contributed by atoms with van der Waals surface area (Å²) in [4.78, 5) is 10.2. The Morgan fingerprint density at radius 3 is 2.65 bits per heavy atom. The van der Waals surface area contributed by atoms with E-state index in [0.717, 1.165) is 17.8 Å². The molecule has 1 aliphatic carbocycles. The molecule has 0 aliphatic heterocycles. The summed E-state index contributed by atoms with van der Waals surface area (Å²) >= 11 is 12.3. The average molecular weight is 294 g/mol. The van der Waals surface area contributed by atoms with Gasteiger partial charge in [0, 0.05) is 5.92 Å². The van der Waals surface area contributed by atoms with Gasteiger partial charge in [0.2, 0.25) is 5.13 Å². The van der Waals surface area contributed by atoms with E-state index in [1.54, 1.807) is 0 Å². The van der Waals surface area contributed by atoms with Gasteiger partial charge in [-0.05, 0) is 12.8 Å². The highest BCUT2D eigenvalue weighted by atomic mass is 35.5. The van der Waals surface area contributed by atoms with Crippen molar-refractivity contribution in [1.82, 2.24) is 10.2 Å². The summed E-state index contributed by atoms with van der Waals surface area (Å²) in [5, 5.41) is 12.1. The van der Waals surface area contributed by atoms with Crippen LogP contribution in [-0.2, 0) is 4.79 Å². The van der Waals surface area contributed by atoms with Crippen LogP contribution >= 0.6 is 34.5 Å². The maximum absolute atomic E-state index is 11.3. The fourth-order valence-corrected chi connectivity index (χ4v) is 2.98. The topological polar surface area (TPSA) is 54.9 Å². The van der Waals surface area contributed by atoms with Gasteiger partial charge < -0.3 is 0 Å². The zero-order valence-corrected chi connectivity index (χ0v) is 11.5. The van der Waals surface area contributed by atoms with Gasteiger partial charge in [-0.2, -0.15) is 0 Å². The molecular weight excluding hydrogens is 281 g/mol. The first-order valence-electron chi connectivity index (χ1n) is 5.59. The summed E-state index contributed by atoms with van der Waals surface area (Å²) in [5.41, 5.74) is 0. The Balaban J connectivity index is 1.97. The molecule has 0 bridgehead atoms. The number of rotatable bonds is 3.